The van der Waals surface area contributed by atoms with Gasteiger partial charge in [0.05, 0.1) is 5.69 Å². The van der Waals surface area contributed by atoms with Gasteiger partial charge in [-0.05, 0) is 36.8 Å². The largest absolute Gasteiger partial charge is 0.433 e. The van der Waals surface area contributed by atoms with Crippen LogP contribution in [0.2, 0.25) is 0 Å². The summed E-state index contributed by atoms with van der Waals surface area (Å²) in [4.78, 5) is 16.2. The third-order valence-corrected chi connectivity index (χ3v) is 6.32. The Balaban J connectivity index is 1.68. The maximum Gasteiger partial charge on any atom is 0.387 e. The molecule has 2 atom stereocenters. The van der Waals surface area contributed by atoms with E-state index in [0.717, 1.165) is 11.1 Å². The minimum absolute atomic E-state index is 0.0658. The molecule has 0 N–H and O–H groups in total. The summed E-state index contributed by atoms with van der Waals surface area (Å²) in [6.07, 6.45) is 0. The van der Waals surface area contributed by atoms with Gasteiger partial charge in [0.15, 0.2) is 5.11 Å². The predicted octanol–water partition coefficient (Wildman–Crippen LogP) is 4.34. The van der Waals surface area contributed by atoms with Crippen molar-refractivity contribution in [2.45, 2.75) is 25.0 Å². The molecule has 4 rings (SSSR count). The molecule has 2 aromatic rings. The van der Waals surface area contributed by atoms with Crippen LogP contribution in [0.5, 0.6) is 5.75 Å². The highest BCUT2D eigenvalue weighted by atomic mass is 32.2. The van der Waals surface area contributed by atoms with E-state index in [1.807, 2.05) is 36.1 Å². The van der Waals surface area contributed by atoms with Crippen LogP contribution in [0, 0.1) is 6.92 Å². The molecule has 1 amide bonds. The number of thioether (sulfide) groups is 1. The van der Waals surface area contributed by atoms with Gasteiger partial charge in [-0.25, -0.2) is 0 Å². The van der Waals surface area contributed by atoms with Crippen molar-refractivity contribution in [3.8, 4) is 5.75 Å². The molecule has 0 aromatic heterocycles. The lowest BCUT2D eigenvalue weighted by Crippen LogP contribution is -2.34. The van der Waals surface area contributed by atoms with Crippen LogP contribution in [-0.4, -0.2) is 34.3 Å². The van der Waals surface area contributed by atoms with E-state index < -0.39 is 12.7 Å². The Morgan fingerprint density at radius 3 is 2.59 bits per heavy atom. The Labute approximate surface area is 165 Å². The number of para-hydroxylation sites is 2. The Kier molecular flexibility index (Phi) is 4.77. The monoisotopic (exact) mass is 406 g/mol. The summed E-state index contributed by atoms with van der Waals surface area (Å²) < 4.78 is 30.1. The van der Waals surface area contributed by atoms with Crippen molar-refractivity contribution in [2.24, 2.45) is 0 Å². The van der Waals surface area contributed by atoms with E-state index in [9.17, 15) is 13.6 Å². The number of anilines is 1. The molecule has 0 unspecified atom stereocenters. The number of amides is 1. The van der Waals surface area contributed by atoms with Crippen LogP contribution in [0.4, 0.5) is 14.5 Å². The van der Waals surface area contributed by atoms with Crippen LogP contribution >= 0.6 is 24.0 Å². The lowest BCUT2D eigenvalue weighted by Gasteiger charge is -2.26. The number of halogens is 2. The second-order valence-corrected chi connectivity index (χ2v) is 7.80. The summed E-state index contributed by atoms with van der Waals surface area (Å²) in [5.74, 6) is 0.308. The van der Waals surface area contributed by atoms with E-state index in [1.165, 1.54) is 11.0 Å². The smallest absolute Gasteiger partial charge is 0.387 e. The number of hydrogen-bond acceptors (Lipinski definition) is 4. The highest BCUT2D eigenvalue weighted by Crippen LogP contribution is 2.47. The summed E-state index contributed by atoms with van der Waals surface area (Å²) in [5, 5.41) is 0.228. The molecule has 0 radical (unpaired) electrons. The molecule has 2 fully saturated rings. The number of carbonyl (C=O) groups excluding carboxylic acids is 1. The molecule has 140 valence electrons. The first-order valence-corrected chi connectivity index (χ1v) is 9.81. The van der Waals surface area contributed by atoms with Gasteiger partial charge in [-0.2, -0.15) is 8.78 Å². The van der Waals surface area contributed by atoms with Crippen molar-refractivity contribution < 1.29 is 18.3 Å². The molecule has 2 aliphatic rings. The number of fused-ring (bicyclic) bond motifs is 1. The predicted molar refractivity (Wildman–Crippen MR) is 105 cm³/mol. The van der Waals surface area contributed by atoms with Gasteiger partial charge in [0, 0.05) is 5.75 Å². The van der Waals surface area contributed by atoms with E-state index in [1.54, 1.807) is 30.0 Å². The first kappa shape index (κ1) is 18.2. The Morgan fingerprint density at radius 1 is 1.19 bits per heavy atom. The van der Waals surface area contributed by atoms with E-state index in [-0.39, 0.29) is 22.7 Å². The molecule has 8 heteroatoms. The van der Waals surface area contributed by atoms with Crippen molar-refractivity contribution >= 4 is 40.7 Å². The van der Waals surface area contributed by atoms with Gasteiger partial charge in [-0.1, -0.05) is 42.0 Å². The number of thiocarbonyl (C=S) groups is 1. The van der Waals surface area contributed by atoms with Gasteiger partial charge >= 0.3 is 6.61 Å². The second kappa shape index (κ2) is 7.09. The number of carbonyl (C=O) groups is 1. The molecule has 0 spiro atoms. The summed E-state index contributed by atoms with van der Waals surface area (Å²) in [7, 11) is 0. The van der Waals surface area contributed by atoms with E-state index >= 15 is 0 Å². The van der Waals surface area contributed by atoms with Gasteiger partial charge < -0.3 is 9.64 Å². The normalized spacial score (nSPS) is 21.9. The van der Waals surface area contributed by atoms with Crippen LogP contribution in [0.25, 0.3) is 0 Å². The zero-order valence-electron chi connectivity index (χ0n) is 14.3. The molecule has 2 heterocycles. The number of alkyl halides is 2. The number of hydrogen-bond donors (Lipinski definition) is 0. The molecular weight excluding hydrogens is 390 g/mol. The molecular formula is C19H16F2N2O2S2. The summed E-state index contributed by atoms with van der Waals surface area (Å²) in [5.41, 5.74) is 2.45. The Hall–Kier alpha value is -2.19. The SMILES string of the molecule is Cc1ccc([C@H]2SC[C@H]3C(=O)N(c4ccccc4OC(F)F)C(=S)N23)cc1. The zero-order chi connectivity index (χ0) is 19.1. The Morgan fingerprint density at radius 2 is 1.89 bits per heavy atom. The average molecular weight is 406 g/mol. The fraction of sp³-hybridized carbons (Fsp3) is 0.263. The molecule has 2 aromatic carbocycles. The van der Waals surface area contributed by atoms with Crippen LogP contribution in [-0.2, 0) is 4.79 Å². The standard InChI is InChI=1S/C19H16F2N2O2S2/c1-11-6-8-12(9-7-11)17-23-14(10-27-17)16(24)22(19(23)26)13-4-2-3-5-15(13)25-18(20)21/h2-9,14,17-18H,10H2,1H3/t14-,17+/m0/s1. The first-order valence-electron chi connectivity index (χ1n) is 8.35. The molecule has 0 saturated carbocycles. The molecule has 4 nitrogen and oxygen atoms in total. The average Bonchev–Trinajstić information content (AvgIpc) is 3.17. The van der Waals surface area contributed by atoms with Crippen molar-refractivity contribution in [1.82, 2.24) is 4.90 Å². The lowest BCUT2D eigenvalue weighted by atomic mass is 10.1. The second-order valence-electron chi connectivity index (χ2n) is 6.32. The fourth-order valence-electron chi connectivity index (χ4n) is 3.34. The van der Waals surface area contributed by atoms with Crippen molar-refractivity contribution in [2.75, 3.05) is 10.7 Å². The highest BCUT2D eigenvalue weighted by molar-refractivity contribution is 7.99. The van der Waals surface area contributed by atoms with Crippen LogP contribution in [0.1, 0.15) is 16.5 Å². The van der Waals surface area contributed by atoms with Crippen molar-refractivity contribution in [1.29, 1.82) is 0 Å². The number of aryl methyl sites for hydroxylation is 1. The fourth-order valence-corrected chi connectivity index (χ4v) is 5.25. The third-order valence-electron chi connectivity index (χ3n) is 4.60. The maximum atomic E-state index is 13.0. The lowest BCUT2D eigenvalue weighted by molar-refractivity contribution is -0.119. The van der Waals surface area contributed by atoms with Crippen LogP contribution in [0.15, 0.2) is 48.5 Å². The number of nitrogens with zero attached hydrogens (tertiary/aromatic N) is 2. The van der Waals surface area contributed by atoms with Crippen LogP contribution < -0.4 is 9.64 Å². The first-order chi connectivity index (χ1) is 13.0. The van der Waals surface area contributed by atoms with Gasteiger partial charge in [0.1, 0.15) is 17.2 Å². The molecule has 0 bridgehead atoms. The maximum absolute atomic E-state index is 13.0. The van der Waals surface area contributed by atoms with Gasteiger partial charge in [0.25, 0.3) is 5.91 Å². The molecule has 2 saturated heterocycles. The highest BCUT2D eigenvalue weighted by Gasteiger charge is 2.51. The van der Waals surface area contributed by atoms with Gasteiger partial charge in [0.2, 0.25) is 0 Å². The molecule has 27 heavy (non-hydrogen) atoms. The Bertz CT molecular complexity index is 892. The topological polar surface area (TPSA) is 32.8 Å². The zero-order valence-corrected chi connectivity index (χ0v) is 16.0. The summed E-state index contributed by atoms with van der Waals surface area (Å²) >= 11 is 7.24. The number of rotatable bonds is 4. The van der Waals surface area contributed by atoms with Gasteiger partial charge in [-0.3, -0.25) is 9.69 Å². The molecule has 0 aliphatic carbocycles. The molecule has 2 aliphatic heterocycles. The van der Waals surface area contributed by atoms with E-state index in [2.05, 4.69) is 4.74 Å². The summed E-state index contributed by atoms with van der Waals surface area (Å²) in [6, 6.07) is 13.9. The van der Waals surface area contributed by atoms with Gasteiger partial charge in [-0.15, -0.1) is 11.8 Å². The van der Waals surface area contributed by atoms with E-state index in [0.29, 0.717) is 10.9 Å². The quantitative estimate of drug-likeness (QED) is 0.706. The van der Waals surface area contributed by atoms with Crippen LogP contribution in [0.3, 0.4) is 0 Å². The summed E-state index contributed by atoms with van der Waals surface area (Å²) in [6.45, 7) is -0.965. The van der Waals surface area contributed by atoms with Crippen molar-refractivity contribution in [3.63, 3.8) is 0 Å². The number of benzene rings is 2. The van der Waals surface area contributed by atoms with E-state index in [4.69, 9.17) is 12.2 Å². The minimum Gasteiger partial charge on any atom is -0.433 e. The minimum atomic E-state index is -2.98. The third kappa shape index (κ3) is 3.17. The number of ether oxygens (including phenoxy) is 1. The van der Waals surface area contributed by atoms with Crippen molar-refractivity contribution in [3.05, 3.63) is 59.7 Å².